The van der Waals surface area contributed by atoms with Crippen molar-refractivity contribution in [1.29, 1.82) is 0 Å². The smallest absolute Gasteiger partial charge is 0.380 e. The highest BCUT2D eigenvalue weighted by Crippen LogP contribution is 2.32. The molecule has 0 heterocycles. The summed E-state index contributed by atoms with van der Waals surface area (Å²) >= 11 is 5.80. The van der Waals surface area contributed by atoms with Gasteiger partial charge in [-0.1, -0.05) is 29.8 Å². The fourth-order valence-electron chi connectivity index (χ4n) is 1.77. The molecule has 0 radical (unpaired) electrons. The molecule has 0 saturated carbocycles. The lowest BCUT2D eigenvalue weighted by Gasteiger charge is -2.14. The van der Waals surface area contributed by atoms with Crippen LogP contribution in [0.2, 0.25) is 5.02 Å². The summed E-state index contributed by atoms with van der Waals surface area (Å²) in [5.41, 5.74) is -0.226. The first-order chi connectivity index (χ1) is 9.38. The molecule has 0 spiro atoms. The Kier molecular flexibility index (Phi) is 4.18. The van der Waals surface area contributed by atoms with Gasteiger partial charge in [0.1, 0.15) is 5.82 Å². The minimum atomic E-state index is -4.41. The summed E-state index contributed by atoms with van der Waals surface area (Å²) in [5.74, 6) is -0.503. The van der Waals surface area contributed by atoms with E-state index in [9.17, 15) is 17.6 Å². The number of benzene rings is 2. The highest BCUT2D eigenvalue weighted by molar-refractivity contribution is 6.33. The van der Waals surface area contributed by atoms with E-state index in [2.05, 4.69) is 5.32 Å². The summed E-state index contributed by atoms with van der Waals surface area (Å²) < 4.78 is 51.3. The first-order valence-electron chi connectivity index (χ1n) is 5.72. The Hall–Kier alpha value is -1.75. The Labute approximate surface area is 118 Å². The molecule has 1 nitrogen and oxygen atoms in total. The van der Waals surface area contributed by atoms with Gasteiger partial charge in [-0.15, -0.1) is 0 Å². The highest BCUT2D eigenvalue weighted by atomic mass is 35.5. The van der Waals surface area contributed by atoms with Crippen molar-refractivity contribution in [3.05, 3.63) is 64.4 Å². The Morgan fingerprint density at radius 2 is 1.75 bits per heavy atom. The first kappa shape index (κ1) is 14.7. The van der Waals surface area contributed by atoms with Crippen LogP contribution in [0.15, 0.2) is 42.5 Å². The fourth-order valence-corrected chi connectivity index (χ4v) is 2.01. The number of hydrogen-bond donors (Lipinski definition) is 1. The minimum absolute atomic E-state index is 0.0545. The van der Waals surface area contributed by atoms with Gasteiger partial charge in [-0.25, -0.2) is 4.39 Å². The largest absolute Gasteiger partial charge is 0.416 e. The topological polar surface area (TPSA) is 12.0 Å². The lowest BCUT2D eigenvalue weighted by molar-refractivity contribution is -0.138. The summed E-state index contributed by atoms with van der Waals surface area (Å²) in [4.78, 5) is 0. The van der Waals surface area contributed by atoms with Crippen LogP contribution in [0, 0.1) is 5.82 Å². The van der Waals surface area contributed by atoms with E-state index in [1.54, 1.807) is 0 Å². The van der Waals surface area contributed by atoms with Gasteiger partial charge in [-0.05, 0) is 29.8 Å². The average molecular weight is 304 g/mol. The van der Waals surface area contributed by atoms with Crippen molar-refractivity contribution in [2.75, 3.05) is 5.32 Å². The molecular formula is C14H10ClF4N. The third kappa shape index (κ3) is 3.42. The lowest BCUT2D eigenvalue weighted by atomic mass is 10.1. The monoisotopic (exact) mass is 303 g/mol. The van der Waals surface area contributed by atoms with Crippen molar-refractivity contribution >= 4 is 17.3 Å². The third-order valence-electron chi connectivity index (χ3n) is 2.72. The maximum Gasteiger partial charge on any atom is 0.416 e. The van der Waals surface area contributed by atoms with Gasteiger partial charge in [-0.3, -0.25) is 0 Å². The fraction of sp³-hybridized carbons (Fsp3) is 0.143. The molecule has 0 fully saturated rings. The van der Waals surface area contributed by atoms with Crippen LogP contribution in [0.1, 0.15) is 11.1 Å². The second-order valence-electron chi connectivity index (χ2n) is 4.13. The standard InChI is InChI=1S/C14H10ClF4N/c15-12-7-10(16)5-6-13(12)20-8-9-3-1-2-4-11(9)14(17,18)19/h1-7,20H,8H2. The van der Waals surface area contributed by atoms with Gasteiger partial charge in [-0.2, -0.15) is 13.2 Å². The van der Waals surface area contributed by atoms with Crippen molar-refractivity contribution in [1.82, 2.24) is 0 Å². The van der Waals surface area contributed by atoms with Gasteiger partial charge in [0, 0.05) is 6.54 Å². The first-order valence-corrected chi connectivity index (χ1v) is 6.10. The van der Waals surface area contributed by atoms with Gasteiger partial charge in [0.2, 0.25) is 0 Å². The van der Waals surface area contributed by atoms with Crippen molar-refractivity contribution in [2.24, 2.45) is 0 Å². The van der Waals surface area contributed by atoms with Crippen LogP contribution in [0.4, 0.5) is 23.2 Å². The average Bonchev–Trinajstić information content (AvgIpc) is 2.37. The summed E-state index contributed by atoms with van der Waals surface area (Å²) in [6, 6.07) is 8.92. The van der Waals surface area contributed by atoms with Gasteiger partial charge < -0.3 is 5.32 Å². The van der Waals surface area contributed by atoms with E-state index in [1.165, 1.54) is 30.3 Å². The summed E-state index contributed by atoms with van der Waals surface area (Å²) in [7, 11) is 0. The SMILES string of the molecule is Fc1ccc(NCc2ccccc2C(F)(F)F)c(Cl)c1. The minimum Gasteiger partial charge on any atom is -0.380 e. The summed E-state index contributed by atoms with van der Waals surface area (Å²) in [6.07, 6.45) is -4.41. The second kappa shape index (κ2) is 5.71. The van der Waals surface area contributed by atoms with Crippen LogP contribution >= 0.6 is 11.6 Å². The zero-order valence-corrected chi connectivity index (χ0v) is 10.9. The number of nitrogens with one attached hydrogen (secondary N) is 1. The van der Waals surface area contributed by atoms with Crippen LogP contribution in [-0.4, -0.2) is 0 Å². The van der Waals surface area contributed by atoms with Gasteiger partial charge >= 0.3 is 6.18 Å². The Bertz CT molecular complexity index is 610. The number of rotatable bonds is 3. The van der Waals surface area contributed by atoms with E-state index in [-0.39, 0.29) is 17.1 Å². The van der Waals surface area contributed by atoms with Crippen molar-refractivity contribution in [3.8, 4) is 0 Å². The molecule has 1 N–H and O–H groups in total. The maximum atomic E-state index is 12.9. The van der Waals surface area contributed by atoms with E-state index in [0.717, 1.165) is 12.1 Å². The molecule has 20 heavy (non-hydrogen) atoms. The van der Waals surface area contributed by atoms with Gasteiger partial charge in [0.25, 0.3) is 0 Å². The Morgan fingerprint density at radius 1 is 1.05 bits per heavy atom. The number of alkyl halides is 3. The Balaban J connectivity index is 2.19. The molecule has 2 aromatic carbocycles. The van der Waals surface area contributed by atoms with Gasteiger partial charge in [0.05, 0.1) is 16.3 Å². The van der Waals surface area contributed by atoms with E-state index in [0.29, 0.717) is 5.69 Å². The summed E-state index contributed by atoms with van der Waals surface area (Å²) in [6.45, 7) is -0.0545. The molecule has 2 aromatic rings. The molecule has 0 atom stereocenters. The van der Waals surface area contributed by atoms with Crippen LogP contribution in [0.25, 0.3) is 0 Å². The van der Waals surface area contributed by atoms with E-state index < -0.39 is 17.6 Å². The molecule has 0 bridgehead atoms. The van der Waals surface area contributed by atoms with Crippen molar-refractivity contribution < 1.29 is 17.6 Å². The maximum absolute atomic E-state index is 12.9. The number of halogens is 5. The highest BCUT2D eigenvalue weighted by Gasteiger charge is 2.32. The molecule has 0 saturated heterocycles. The van der Waals surface area contributed by atoms with E-state index in [4.69, 9.17) is 11.6 Å². The molecule has 0 amide bonds. The van der Waals surface area contributed by atoms with Crippen molar-refractivity contribution in [3.63, 3.8) is 0 Å². The molecule has 0 unspecified atom stereocenters. The molecule has 0 aromatic heterocycles. The van der Waals surface area contributed by atoms with E-state index >= 15 is 0 Å². The van der Waals surface area contributed by atoms with Gasteiger partial charge in [0.15, 0.2) is 0 Å². The number of anilines is 1. The molecule has 6 heteroatoms. The molecule has 106 valence electrons. The van der Waals surface area contributed by atoms with Crippen LogP contribution < -0.4 is 5.32 Å². The zero-order chi connectivity index (χ0) is 14.8. The van der Waals surface area contributed by atoms with E-state index in [1.807, 2.05) is 0 Å². The quantitative estimate of drug-likeness (QED) is 0.777. The van der Waals surface area contributed by atoms with Crippen LogP contribution in [0.5, 0.6) is 0 Å². The molecule has 0 aliphatic carbocycles. The third-order valence-corrected chi connectivity index (χ3v) is 3.04. The number of hydrogen-bond acceptors (Lipinski definition) is 1. The molecular weight excluding hydrogens is 294 g/mol. The van der Waals surface area contributed by atoms with Crippen molar-refractivity contribution in [2.45, 2.75) is 12.7 Å². The molecule has 0 aliphatic heterocycles. The summed E-state index contributed by atoms with van der Waals surface area (Å²) in [5, 5.41) is 2.89. The van der Waals surface area contributed by atoms with Crippen LogP contribution in [-0.2, 0) is 12.7 Å². The predicted molar refractivity (Wildman–Crippen MR) is 70.2 cm³/mol. The second-order valence-corrected chi connectivity index (χ2v) is 4.54. The lowest BCUT2D eigenvalue weighted by Crippen LogP contribution is -2.11. The zero-order valence-electron chi connectivity index (χ0n) is 10.1. The normalized spacial score (nSPS) is 11.4. The predicted octanol–water partition coefficient (Wildman–Crippen LogP) is 5.11. The molecule has 0 aliphatic rings. The van der Waals surface area contributed by atoms with Crippen LogP contribution in [0.3, 0.4) is 0 Å². The Morgan fingerprint density at radius 3 is 2.40 bits per heavy atom. The molecule has 2 rings (SSSR count).